The molecule has 1 heterocycles. The second-order valence-electron chi connectivity index (χ2n) is 7.33. The Balaban J connectivity index is 1.63. The van der Waals surface area contributed by atoms with Crippen molar-refractivity contribution in [3.05, 3.63) is 58.1 Å². The first-order valence-corrected chi connectivity index (χ1v) is 10.6. The van der Waals surface area contributed by atoms with Gasteiger partial charge in [-0.2, -0.15) is 0 Å². The normalized spacial score (nSPS) is 14.5. The number of carbonyl (C=O) groups is 1. The van der Waals surface area contributed by atoms with Gasteiger partial charge in [0.25, 0.3) is 0 Å². The van der Waals surface area contributed by atoms with Crippen LogP contribution < -0.4 is 14.4 Å². The molecule has 0 saturated carbocycles. The van der Waals surface area contributed by atoms with Crippen LogP contribution in [0.25, 0.3) is 6.08 Å². The van der Waals surface area contributed by atoms with Crippen LogP contribution >= 0.6 is 23.2 Å². The molecule has 1 aliphatic heterocycles. The van der Waals surface area contributed by atoms with Gasteiger partial charge in [-0.15, -0.1) is 0 Å². The van der Waals surface area contributed by atoms with Crippen LogP contribution in [0.4, 0.5) is 5.69 Å². The molecule has 1 saturated heterocycles. The number of hydrogen-bond acceptors (Lipinski definition) is 4. The summed E-state index contributed by atoms with van der Waals surface area (Å²) in [6.45, 7) is 6.69. The van der Waals surface area contributed by atoms with Crippen LogP contribution in [0.3, 0.4) is 0 Å². The lowest BCUT2D eigenvalue weighted by Crippen LogP contribution is -2.48. The minimum atomic E-state index is -0.0293. The van der Waals surface area contributed by atoms with E-state index in [2.05, 4.69) is 4.90 Å². The fraction of sp³-hybridized carbons (Fsp3) is 0.348. The van der Waals surface area contributed by atoms with Gasteiger partial charge in [0, 0.05) is 43.0 Å². The van der Waals surface area contributed by atoms with Crippen LogP contribution in [0.1, 0.15) is 19.4 Å². The molecule has 1 aliphatic rings. The van der Waals surface area contributed by atoms with Crippen LogP contribution in [0, 0.1) is 0 Å². The third-order valence-electron chi connectivity index (χ3n) is 4.79. The highest BCUT2D eigenvalue weighted by atomic mass is 35.5. The zero-order valence-electron chi connectivity index (χ0n) is 17.4. The first-order valence-electron chi connectivity index (χ1n) is 9.89. The van der Waals surface area contributed by atoms with Gasteiger partial charge in [0.15, 0.2) is 11.5 Å². The van der Waals surface area contributed by atoms with E-state index >= 15 is 0 Å². The Morgan fingerprint density at radius 2 is 1.83 bits per heavy atom. The van der Waals surface area contributed by atoms with E-state index in [1.165, 1.54) is 0 Å². The molecule has 160 valence electrons. The molecule has 5 nitrogen and oxygen atoms in total. The molecule has 3 rings (SSSR count). The molecule has 0 aliphatic carbocycles. The number of anilines is 1. The van der Waals surface area contributed by atoms with Gasteiger partial charge >= 0.3 is 0 Å². The van der Waals surface area contributed by atoms with Gasteiger partial charge in [-0.1, -0.05) is 29.3 Å². The predicted octanol–water partition coefficient (Wildman–Crippen LogP) is 5.15. The maximum absolute atomic E-state index is 12.6. The highest BCUT2D eigenvalue weighted by molar-refractivity contribution is 6.32. The molecule has 0 N–H and O–H groups in total. The van der Waals surface area contributed by atoms with E-state index in [0.29, 0.717) is 34.6 Å². The minimum absolute atomic E-state index is 0.0232. The molecule has 0 radical (unpaired) electrons. The Labute approximate surface area is 187 Å². The minimum Gasteiger partial charge on any atom is -0.493 e. The van der Waals surface area contributed by atoms with Crippen LogP contribution in [0.5, 0.6) is 11.5 Å². The zero-order chi connectivity index (χ0) is 21.7. The van der Waals surface area contributed by atoms with Gasteiger partial charge in [-0.05, 0) is 55.8 Å². The summed E-state index contributed by atoms with van der Waals surface area (Å²) >= 11 is 12.4. The number of ether oxygens (including phenoxy) is 2. The van der Waals surface area contributed by atoms with E-state index in [9.17, 15) is 4.79 Å². The summed E-state index contributed by atoms with van der Waals surface area (Å²) in [6, 6.07) is 11.4. The van der Waals surface area contributed by atoms with Crippen molar-refractivity contribution >= 4 is 40.9 Å². The van der Waals surface area contributed by atoms with Gasteiger partial charge in [-0.3, -0.25) is 4.79 Å². The molecule has 0 atom stereocenters. The monoisotopic (exact) mass is 448 g/mol. The molecule has 0 spiro atoms. The van der Waals surface area contributed by atoms with Crippen molar-refractivity contribution in [2.45, 2.75) is 20.0 Å². The maximum atomic E-state index is 12.6. The first-order chi connectivity index (χ1) is 14.4. The Bertz CT molecular complexity index is 923. The highest BCUT2D eigenvalue weighted by Crippen LogP contribution is 2.37. The second kappa shape index (κ2) is 10.1. The third kappa shape index (κ3) is 5.61. The summed E-state index contributed by atoms with van der Waals surface area (Å²) in [5.41, 5.74) is 1.86. The van der Waals surface area contributed by atoms with Crippen molar-refractivity contribution in [2.24, 2.45) is 0 Å². The molecular weight excluding hydrogens is 423 g/mol. The average molecular weight is 449 g/mol. The number of methoxy groups -OCH3 is 1. The topological polar surface area (TPSA) is 42.0 Å². The summed E-state index contributed by atoms with van der Waals surface area (Å²) in [6.07, 6.45) is 3.30. The fourth-order valence-corrected chi connectivity index (χ4v) is 3.77. The number of nitrogens with zero attached hydrogens (tertiary/aromatic N) is 2. The Morgan fingerprint density at radius 3 is 2.47 bits per heavy atom. The third-order valence-corrected chi connectivity index (χ3v) is 5.30. The van der Waals surface area contributed by atoms with Crippen LogP contribution in [0.15, 0.2) is 42.5 Å². The SMILES string of the molecule is COc1cc(/C=C/C(=O)N2CCN(c3cccc(Cl)c3)CC2)cc(Cl)c1OC(C)C. The van der Waals surface area contributed by atoms with Crippen molar-refractivity contribution in [1.29, 1.82) is 0 Å². The second-order valence-corrected chi connectivity index (χ2v) is 8.17. The van der Waals surface area contributed by atoms with Crippen molar-refractivity contribution in [3.8, 4) is 11.5 Å². The molecular formula is C23H26Cl2N2O3. The Kier molecular flexibility index (Phi) is 7.51. The fourth-order valence-electron chi connectivity index (χ4n) is 3.32. The molecule has 0 bridgehead atoms. The van der Waals surface area contributed by atoms with Crippen LogP contribution in [-0.4, -0.2) is 50.2 Å². The van der Waals surface area contributed by atoms with E-state index < -0.39 is 0 Å². The quantitative estimate of drug-likeness (QED) is 0.572. The lowest BCUT2D eigenvalue weighted by molar-refractivity contribution is -0.126. The van der Waals surface area contributed by atoms with Gasteiger partial charge in [-0.25, -0.2) is 0 Å². The summed E-state index contributed by atoms with van der Waals surface area (Å²) < 4.78 is 11.1. The maximum Gasteiger partial charge on any atom is 0.246 e. The summed E-state index contributed by atoms with van der Waals surface area (Å²) in [5, 5.41) is 1.16. The molecule has 1 amide bonds. The van der Waals surface area contributed by atoms with Crippen LogP contribution in [0.2, 0.25) is 10.0 Å². The highest BCUT2D eigenvalue weighted by Gasteiger charge is 2.20. The van der Waals surface area contributed by atoms with Crippen LogP contribution in [-0.2, 0) is 4.79 Å². The summed E-state index contributed by atoms with van der Waals surface area (Å²) in [7, 11) is 1.57. The van der Waals surface area contributed by atoms with Gasteiger partial charge < -0.3 is 19.3 Å². The van der Waals surface area contributed by atoms with E-state index in [-0.39, 0.29) is 12.0 Å². The van der Waals surface area contributed by atoms with Gasteiger partial charge in [0.1, 0.15) is 0 Å². The van der Waals surface area contributed by atoms with Crippen molar-refractivity contribution in [2.75, 3.05) is 38.2 Å². The van der Waals surface area contributed by atoms with E-state index in [1.54, 1.807) is 25.3 Å². The van der Waals surface area contributed by atoms with E-state index in [0.717, 1.165) is 24.3 Å². The number of halogens is 2. The number of amides is 1. The summed E-state index contributed by atoms with van der Waals surface area (Å²) in [5.74, 6) is 1.02. The number of benzene rings is 2. The number of carbonyl (C=O) groups excluding carboxylic acids is 1. The van der Waals surface area contributed by atoms with E-state index in [1.807, 2.05) is 49.1 Å². The van der Waals surface area contributed by atoms with Crippen molar-refractivity contribution < 1.29 is 14.3 Å². The first kappa shape index (κ1) is 22.3. The Hall–Kier alpha value is -2.37. The Morgan fingerprint density at radius 1 is 1.10 bits per heavy atom. The molecule has 0 unspecified atom stereocenters. The molecule has 7 heteroatoms. The molecule has 30 heavy (non-hydrogen) atoms. The predicted molar refractivity (Wildman–Crippen MR) is 123 cm³/mol. The van der Waals surface area contributed by atoms with Crippen molar-refractivity contribution in [3.63, 3.8) is 0 Å². The van der Waals surface area contributed by atoms with Gasteiger partial charge in [0.05, 0.1) is 18.2 Å². The summed E-state index contributed by atoms with van der Waals surface area (Å²) in [4.78, 5) is 16.7. The lowest BCUT2D eigenvalue weighted by atomic mass is 10.1. The van der Waals surface area contributed by atoms with Gasteiger partial charge in [0.2, 0.25) is 5.91 Å². The standard InChI is InChI=1S/C23H26Cl2N2O3/c1-16(2)30-23-20(25)13-17(14-21(23)29-3)7-8-22(28)27-11-9-26(10-12-27)19-6-4-5-18(24)15-19/h4-8,13-16H,9-12H2,1-3H3/b8-7+. The number of hydrogen-bond donors (Lipinski definition) is 0. The largest absolute Gasteiger partial charge is 0.493 e. The zero-order valence-corrected chi connectivity index (χ0v) is 18.9. The van der Waals surface area contributed by atoms with E-state index in [4.69, 9.17) is 32.7 Å². The average Bonchev–Trinajstić information content (AvgIpc) is 2.73. The molecule has 1 fully saturated rings. The molecule has 0 aromatic heterocycles. The molecule has 2 aromatic carbocycles. The lowest BCUT2D eigenvalue weighted by Gasteiger charge is -2.35. The van der Waals surface area contributed by atoms with Crippen molar-refractivity contribution in [1.82, 2.24) is 4.90 Å². The number of piperazine rings is 1. The molecule has 2 aromatic rings. The smallest absolute Gasteiger partial charge is 0.246 e. The number of rotatable bonds is 6.